The average Bonchev–Trinajstić information content (AvgIpc) is 2.57. The summed E-state index contributed by atoms with van der Waals surface area (Å²) in [6.45, 7) is 6.18. The van der Waals surface area contributed by atoms with E-state index in [0.29, 0.717) is 6.54 Å². The molecule has 4 heteroatoms. The first-order chi connectivity index (χ1) is 7.45. The van der Waals surface area contributed by atoms with Crippen LogP contribution >= 0.6 is 11.3 Å². The van der Waals surface area contributed by atoms with Gasteiger partial charge in [-0.15, -0.1) is 11.3 Å². The van der Waals surface area contributed by atoms with E-state index in [0.717, 1.165) is 11.3 Å². The lowest BCUT2D eigenvalue weighted by Crippen LogP contribution is -2.32. The molecule has 1 amide bonds. The molecule has 16 heavy (non-hydrogen) atoms. The molecule has 0 radical (unpaired) electrons. The second-order valence-electron chi connectivity index (χ2n) is 4.08. The van der Waals surface area contributed by atoms with Crippen LogP contribution in [0.2, 0.25) is 0 Å². The molecule has 0 saturated heterocycles. The molecule has 0 aromatic carbocycles. The Balaban J connectivity index is 2.79. The molecule has 1 atom stereocenters. The third-order valence-electron chi connectivity index (χ3n) is 2.50. The van der Waals surface area contributed by atoms with Crippen LogP contribution in [0.5, 0.6) is 0 Å². The highest BCUT2D eigenvalue weighted by molar-refractivity contribution is 7.14. The maximum atomic E-state index is 12.0. The lowest BCUT2D eigenvalue weighted by atomic mass is 10.2. The van der Waals surface area contributed by atoms with Crippen LogP contribution in [0, 0.1) is 6.92 Å². The van der Waals surface area contributed by atoms with E-state index in [9.17, 15) is 9.90 Å². The van der Waals surface area contributed by atoms with Gasteiger partial charge >= 0.3 is 0 Å². The zero-order valence-electron chi connectivity index (χ0n) is 10.3. The molecule has 90 valence electrons. The van der Waals surface area contributed by atoms with Crippen molar-refractivity contribution in [3.63, 3.8) is 0 Å². The van der Waals surface area contributed by atoms with Crippen LogP contribution in [0.1, 0.15) is 34.0 Å². The van der Waals surface area contributed by atoms with Crippen molar-refractivity contribution in [2.75, 3.05) is 13.6 Å². The standard InChI is InChI=1S/C12H19NO2S/c1-5-10-6-11(16-9(10)3)12(15)13(4)7-8(2)14/h6,8,14H,5,7H2,1-4H3. The molecule has 1 aromatic heterocycles. The largest absolute Gasteiger partial charge is 0.392 e. The fourth-order valence-corrected chi connectivity index (χ4v) is 2.75. The number of aryl methyl sites for hydroxylation is 2. The molecule has 0 aliphatic carbocycles. The quantitative estimate of drug-likeness (QED) is 0.876. The number of aliphatic hydroxyl groups excluding tert-OH is 1. The Labute approximate surface area is 101 Å². The third-order valence-corrected chi connectivity index (χ3v) is 3.58. The van der Waals surface area contributed by atoms with Gasteiger partial charge in [0, 0.05) is 18.5 Å². The fourth-order valence-electron chi connectivity index (χ4n) is 1.64. The summed E-state index contributed by atoms with van der Waals surface area (Å²) < 4.78 is 0. The van der Waals surface area contributed by atoms with Gasteiger partial charge in [0.15, 0.2) is 0 Å². The summed E-state index contributed by atoms with van der Waals surface area (Å²) in [5.74, 6) is -0.00583. The highest BCUT2D eigenvalue weighted by atomic mass is 32.1. The molecule has 1 heterocycles. The number of hydrogen-bond acceptors (Lipinski definition) is 3. The summed E-state index contributed by atoms with van der Waals surface area (Å²) >= 11 is 1.53. The van der Waals surface area contributed by atoms with Gasteiger partial charge in [-0.05, 0) is 31.9 Å². The molecule has 1 N–H and O–H groups in total. The number of rotatable bonds is 4. The molecule has 1 unspecified atom stereocenters. The second-order valence-corrected chi connectivity index (χ2v) is 5.34. The van der Waals surface area contributed by atoms with Crippen molar-refractivity contribution >= 4 is 17.2 Å². The summed E-state index contributed by atoms with van der Waals surface area (Å²) in [6.07, 6.45) is 0.469. The smallest absolute Gasteiger partial charge is 0.263 e. The van der Waals surface area contributed by atoms with Gasteiger partial charge in [-0.1, -0.05) is 6.92 Å². The van der Waals surface area contributed by atoms with Crippen LogP contribution in [-0.2, 0) is 6.42 Å². The highest BCUT2D eigenvalue weighted by Gasteiger charge is 2.16. The van der Waals surface area contributed by atoms with Crippen molar-refractivity contribution in [2.24, 2.45) is 0 Å². The minimum atomic E-state index is -0.486. The van der Waals surface area contributed by atoms with Crippen molar-refractivity contribution in [3.05, 3.63) is 21.4 Å². The van der Waals surface area contributed by atoms with E-state index in [-0.39, 0.29) is 5.91 Å². The molecular weight excluding hydrogens is 222 g/mol. The number of thiophene rings is 1. The summed E-state index contributed by atoms with van der Waals surface area (Å²) in [5, 5.41) is 9.23. The Morgan fingerprint density at radius 1 is 1.62 bits per heavy atom. The van der Waals surface area contributed by atoms with Gasteiger partial charge in [-0.25, -0.2) is 0 Å². The Morgan fingerprint density at radius 2 is 2.25 bits per heavy atom. The molecule has 0 aliphatic rings. The van der Waals surface area contributed by atoms with E-state index >= 15 is 0 Å². The predicted molar refractivity (Wildman–Crippen MR) is 67.1 cm³/mol. The lowest BCUT2D eigenvalue weighted by Gasteiger charge is -2.17. The van der Waals surface area contributed by atoms with Crippen LogP contribution in [0.25, 0.3) is 0 Å². The van der Waals surface area contributed by atoms with E-state index in [2.05, 4.69) is 6.92 Å². The average molecular weight is 241 g/mol. The van der Waals surface area contributed by atoms with E-state index in [1.165, 1.54) is 21.8 Å². The number of hydrogen-bond donors (Lipinski definition) is 1. The number of aliphatic hydroxyl groups is 1. The zero-order valence-corrected chi connectivity index (χ0v) is 11.1. The first kappa shape index (κ1) is 13.2. The van der Waals surface area contributed by atoms with E-state index in [1.54, 1.807) is 18.9 Å². The lowest BCUT2D eigenvalue weighted by molar-refractivity contribution is 0.0708. The van der Waals surface area contributed by atoms with Gasteiger partial charge in [0.25, 0.3) is 5.91 Å². The molecule has 0 spiro atoms. The fraction of sp³-hybridized carbons (Fsp3) is 0.583. The molecule has 0 bridgehead atoms. The molecule has 0 saturated carbocycles. The molecule has 0 aliphatic heterocycles. The van der Waals surface area contributed by atoms with E-state index in [1.807, 2.05) is 13.0 Å². The van der Waals surface area contributed by atoms with E-state index in [4.69, 9.17) is 0 Å². The number of carbonyl (C=O) groups is 1. The number of carbonyl (C=O) groups excluding carboxylic acids is 1. The van der Waals surface area contributed by atoms with Crippen LogP contribution in [0.3, 0.4) is 0 Å². The molecule has 0 fully saturated rings. The number of nitrogens with zero attached hydrogens (tertiary/aromatic N) is 1. The second kappa shape index (κ2) is 5.46. The van der Waals surface area contributed by atoms with Crippen LogP contribution in [0.4, 0.5) is 0 Å². The van der Waals surface area contributed by atoms with Crippen LogP contribution in [-0.4, -0.2) is 35.6 Å². The van der Waals surface area contributed by atoms with Crippen molar-refractivity contribution < 1.29 is 9.90 Å². The van der Waals surface area contributed by atoms with Gasteiger partial charge in [0.05, 0.1) is 11.0 Å². The Hall–Kier alpha value is -0.870. The van der Waals surface area contributed by atoms with Crippen molar-refractivity contribution in [1.82, 2.24) is 4.90 Å². The van der Waals surface area contributed by atoms with Crippen molar-refractivity contribution in [3.8, 4) is 0 Å². The van der Waals surface area contributed by atoms with Crippen molar-refractivity contribution in [1.29, 1.82) is 0 Å². The molecule has 1 aromatic rings. The number of likely N-dealkylation sites (N-methyl/N-ethyl adjacent to an activating group) is 1. The minimum Gasteiger partial charge on any atom is -0.392 e. The SMILES string of the molecule is CCc1cc(C(=O)N(C)CC(C)O)sc1C. The predicted octanol–water partition coefficient (Wildman–Crippen LogP) is 2.07. The highest BCUT2D eigenvalue weighted by Crippen LogP contribution is 2.23. The van der Waals surface area contributed by atoms with Crippen LogP contribution in [0.15, 0.2) is 6.07 Å². The summed E-state index contributed by atoms with van der Waals surface area (Å²) in [6, 6.07) is 1.96. The first-order valence-electron chi connectivity index (χ1n) is 5.48. The Bertz CT molecular complexity index is 371. The minimum absolute atomic E-state index is 0.00583. The van der Waals surface area contributed by atoms with Gasteiger partial charge in [0.2, 0.25) is 0 Å². The summed E-state index contributed by atoms with van der Waals surface area (Å²) in [5.41, 5.74) is 1.23. The molecular formula is C12H19NO2S. The summed E-state index contributed by atoms with van der Waals surface area (Å²) in [4.78, 5) is 15.5. The topological polar surface area (TPSA) is 40.5 Å². The monoisotopic (exact) mass is 241 g/mol. The van der Waals surface area contributed by atoms with Gasteiger partial charge in [-0.3, -0.25) is 4.79 Å². The third kappa shape index (κ3) is 3.06. The molecule has 1 rings (SSSR count). The maximum absolute atomic E-state index is 12.0. The Kier molecular flexibility index (Phi) is 4.50. The Morgan fingerprint density at radius 3 is 2.69 bits per heavy atom. The van der Waals surface area contributed by atoms with Crippen molar-refractivity contribution in [2.45, 2.75) is 33.3 Å². The summed E-state index contributed by atoms with van der Waals surface area (Å²) in [7, 11) is 1.72. The molecule has 3 nitrogen and oxygen atoms in total. The first-order valence-corrected chi connectivity index (χ1v) is 6.30. The van der Waals surface area contributed by atoms with Crippen LogP contribution < -0.4 is 0 Å². The van der Waals surface area contributed by atoms with Gasteiger partial charge in [-0.2, -0.15) is 0 Å². The maximum Gasteiger partial charge on any atom is 0.263 e. The van der Waals surface area contributed by atoms with Gasteiger partial charge < -0.3 is 10.0 Å². The zero-order chi connectivity index (χ0) is 12.3. The van der Waals surface area contributed by atoms with E-state index < -0.39 is 6.10 Å². The number of amides is 1. The van der Waals surface area contributed by atoms with Gasteiger partial charge in [0.1, 0.15) is 0 Å². The normalized spacial score (nSPS) is 12.6.